The summed E-state index contributed by atoms with van der Waals surface area (Å²) in [5, 5.41) is 3.69. The lowest BCUT2D eigenvalue weighted by Gasteiger charge is -2.04. The normalized spacial score (nSPS) is 11.8. The van der Waals surface area contributed by atoms with Crippen LogP contribution in [0.15, 0.2) is 41.1 Å². The fourth-order valence-corrected chi connectivity index (χ4v) is 1.81. The first-order valence-electron chi connectivity index (χ1n) is 4.80. The zero-order chi connectivity index (χ0) is 12.5. The van der Waals surface area contributed by atoms with Crippen LogP contribution < -0.4 is 0 Å². The van der Waals surface area contributed by atoms with Crippen molar-refractivity contribution >= 4 is 15.9 Å². The van der Waals surface area contributed by atoms with Gasteiger partial charge in [-0.05, 0) is 11.6 Å². The summed E-state index contributed by atoms with van der Waals surface area (Å²) in [7, 11) is 0. The summed E-state index contributed by atoms with van der Waals surface area (Å²) < 4.78 is 39.2. The van der Waals surface area contributed by atoms with E-state index in [2.05, 4.69) is 21.0 Å². The van der Waals surface area contributed by atoms with Gasteiger partial charge in [-0.2, -0.15) is 18.3 Å². The standard InChI is InChI=1S/C11H8BrF3N2/c12-10-4-2-1-3-8(10)6-17-7-9(5-16-17)11(13,14)15/h1-5,7H,6H2. The van der Waals surface area contributed by atoms with Crippen molar-refractivity contribution in [3.8, 4) is 0 Å². The van der Waals surface area contributed by atoms with Gasteiger partial charge in [0.25, 0.3) is 0 Å². The minimum atomic E-state index is -4.34. The molecule has 0 radical (unpaired) electrons. The van der Waals surface area contributed by atoms with E-state index in [-0.39, 0.29) is 0 Å². The topological polar surface area (TPSA) is 17.8 Å². The van der Waals surface area contributed by atoms with Crippen molar-refractivity contribution in [1.29, 1.82) is 0 Å². The lowest BCUT2D eigenvalue weighted by atomic mass is 10.2. The minimum Gasteiger partial charge on any atom is -0.268 e. The zero-order valence-electron chi connectivity index (χ0n) is 8.58. The number of hydrogen-bond acceptors (Lipinski definition) is 1. The molecule has 17 heavy (non-hydrogen) atoms. The fraction of sp³-hybridized carbons (Fsp3) is 0.182. The Morgan fingerprint density at radius 1 is 1.24 bits per heavy atom. The second-order valence-corrected chi connectivity index (χ2v) is 4.37. The quantitative estimate of drug-likeness (QED) is 0.827. The van der Waals surface area contributed by atoms with Gasteiger partial charge in [0.05, 0.1) is 18.3 Å². The second kappa shape index (κ2) is 4.52. The maximum atomic E-state index is 12.4. The number of rotatable bonds is 2. The highest BCUT2D eigenvalue weighted by molar-refractivity contribution is 9.10. The third-order valence-electron chi connectivity index (χ3n) is 2.25. The minimum absolute atomic E-state index is 0.303. The summed E-state index contributed by atoms with van der Waals surface area (Å²) in [5.41, 5.74) is 0.147. The predicted molar refractivity (Wildman–Crippen MR) is 60.5 cm³/mol. The van der Waals surface area contributed by atoms with Gasteiger partial charge in [0.1, 0.15) is 0 Å². The molecule has 1 heterocycles. The van der Waals surface area contributed by atoms with Crippen molar-refractivity contribution in [2.45, 2.75) is 12.7 Å². The van der Waals surface area contributed by atoms with Gasteiger partial charge in [0, 0.05) is 10.7 Å². The number of hydrogen-bond donors (Lipinski definition) is 0. The SMILES string of the molecule is FC(F)(F)c1cnn(Cc2ccccc2Br)c1. The van der Waals surface area contributed by atoms with Gasteiger partial charge in [-0.1, -0.05) is 34.1 Å². The van der Waals surface area contributed by atoms with Crippen LogP contribution in [0.4, 0.5) is 13.2 Å². The van der Waals surface area contributed by atoms with E-state index in [9.17, 15) is 13.2 Å². The molecular weight excluding hydrogens is 297 g/mol. The van der Waals surface area contributed by atoms with E-state index in [4.69, 9.17) is 0 Å². The molecule has 1 aromatic carbocycles. The molecule has 0 bridgehead atoms. The zero-order valence-corrected chi connectivity index (χ0v) is 10.2. The number of nitrogens with zero attached hydrogens (tertiary/aromatic N) is 2. The van der Waals surface area contributed by atoms with E-state index in [1.807, 2.05) is 24.3 Å². The van der Waals surface area contributed by atoms with Crippen molar-refractivity contribution in [2.24, 2.45) is 0 Å². The summed E-state index contributed by atoms with van der Waals surface area (Å²) in [4.78, 5) is 0. The van der Waals surface area contributed by atoms with E-state index in [1.165, 1.54) is 4.68 Å². The molecule has 0 aliphatic rings. The van der Waals surface area contributed by atoms with E-state index in [0.717, 1.165) is 22.4 Å². The summed E-state index contributed by atoms with van der Waals surface area (Å²) in [6.07, 6.45) is -2.51. The van der Waals surface area contributed by atoms with Crippen LogP contribution in [0.3, 0.4) is 0 Å². The Hall–Kier alpha value is -1.30. The van der Waals surface area contributed by atoms with Gasteiger partial charge < -0.3 is 0 Å². The molecule has 0 aliphatic heterocycles. The maximum Gasteiger partial charge on any atom is 0.419 e. The van der Waals surface area contributed by atoms with Gasteiger partial charge in [-0.15, -0.1) is 0 Å². The Morgan fingerprint density at radius 2 is 1.94 bits per heavy atom. The van der Waals surface area contributed by atoms with Crippen molar-refractivity contribution < 1.29 is 13.2 Å². The summed E-state index contributed by atoms with van der Waals surface area (Å²) in [6.45, 7) is 0.303. The second-order valence-electron chi connectivity index (χ2n) is 3.52. The maximum absolute atomic E-state index is 12.4. The predicted octanol–water partition coefficient (Wildman–Crippen LogP) is 3.71. The van der Waals surface area contributed by atoms with Gasteiger partial charge in [-0.3, -0.25) is 4.68 Å². The van der Waals surface area contributed by atoms with Crippen LogP contribution >= 0.6 is 15.9 Å². The Bertz CT molecular complexity index is 519. The van der Waals surface area contributed by atoms with Crippen LogP contribution in [0.1, 0.15) is 11.1 Å². The summed E-state index contributed by atoms with van der Waals surface area (Å²) >= 11 is 3.34. The van der Waals surface area contributed by atoms with Crippen molar-refractivity contribution in [3.63, 3.8) is 0 Å². The van der Waals surface area contributed by atoms with E-state index >= 15 is 0 Å². The first kappa shape index (κ1) is 12.2. The third-order valence-corrected chi connectivity index (χ3v) is 3.02. The largest absolute Gasteiger partial charge is 0.419 e. The Labute approximate surface area is 104 Å². The lowest BCUT2D eigenvalue weighted by molar-refractivity contribution is -0.137. The van der Waals surface area contributed by atoms with E-state index in [1.54, 1.807) is 0 Å². The molecule has 90 valence electrons. The Balaban J connectivity index is 2.21. The monoisotopic (exact) mass is 304 g/mol. The van der Waals surface area contributed by atoms with Crippen LogP contribution in [0, 0.1) is 0 Å². The molecule has 0 saturated heterocycles. The highest BCUT2D eigenvalue weighted by Crippen LogP contribution is 2.28. The van der Waals surface area contributed by atoms with Gasteiger partial charge in [-0.25, -0.2) is 0 Å². The molecule has 6 heteroatoms. The van der Waals surface area contributed by atoms with E-state index < -0.39 is 11.7 Å². The van der Waals surface area contributed by atoms with Crippen molar-refractivity contribution in [3.05, 3.63) is 52.3 Å². The summed E-state index contributed by atoms with van der Waals surface area (Å²) in [5.74, 6) is 0. The first-order chi connectivity index (χ1) is 7.97. The van der Waals surface area contributed by atoms with Crippen molar-refractivity contribution in [1.82, 2.24) is 9.78 Å². The molecule has 0 atom stereocenters. The number of alkyl halides is 3. The molecule has 0 N–H and O–H groups in total. The molecule has 0 spiro atoms. The smallest absolute Gasteiger partial charge is 0.268 e. The van der Waals surface area contributed by atoms with Gasteiger partial charge in [0.15, 0.2) is 0 Å². The molecule has 2 nitrogen and oxygen atoms in total. The van der Waals surface area contributed by atoms with Gasteiger partial charge >= 0.3 is 6.18 Å². The molecular formula is C11H8BrF3N2. The average molecular weight is 305 g/mol. The number of halogens is 4. The van der Waals surface area contributed by atoms with Crippen LogP contribution in [0.25, 0.3) is 0 Å². The van der Waals surface area contributed by atoms with E-state index in [0.29, 0.717) is 6.54 Å². The number of aromatic nitrogens is 2. The third kappa shape index (κ3) is 2.88. The Morgan fingerprint density at radius 3 is 2.53 bits per heavy atom. The molecule has 0 fully saturated rings. The highest BCUT2D eigenvalue weighted by atomic mass is 79.9. The average Bonchev–Trinajstić information content (AvgIpc) is 2.69. The molecule has 0 saturated carbocycles. The first-order valence-corrected chi connectivity index (χ1v) is 5.59. The molecule has 0 aliphatic carbocycles. The van der Waals surface area contributed by atoms with Crippen LogP contribution in [-0.4, -0.2) is 9.78 Å². The van der Waals surface area contributed by atoms with Gasteiger partial charge in [0.2, 0.25) is 0 Å². The highest BCUT2D eigenvalue weighted by Gasteiger charge is 2.32. The Kier molecular flexibility index (Phi) is 3.24. The molecule has 1 aromatic heterocycles. The van der Waals surface area contributed by atoms with Crippen LogP contribution in [0.2, 0.25) is 0 Å². The van der Waals surface area contributed by atoms with Crippen molar-refractivity contribution in [2.75, 3.05) is 0 Å². The van der Waals surface area contributed by atoms with Crippen LogP contribution in [0.5, 0.6) is 0 Å². The molecule has 0 amide bonds. The van der Waals surface area contributed by atoms with Crippen LogP contribution in [-0.2, 0) is 12.7 Å². The molecule has 0 unspecified atom stereocenters. The lowest BCUT2D eigenvalue weighted by Crippen LogP contribution is -2.04. The summed E-state index contributed by atoms with van der Waals surface area (Å²) in [6, 6.07) is 7.34. The number of benzene rings is 1. The molecule has 2 aromatic rings. The molecule has 2 rings (SSSR count). The fourth-order valence-electron chi connectivity index (χ4n) is 1.40.